The van der Waals surface area contributed by atoms with Gasteiger partial charge in [0.15, 0.2) is 0 Å². The molecule has 4 N–H and O–H groups in total. The van der Waals surface area contributed by atoms with E-state index in [1.807, 2.05) is 0 Å². The van der Waals surface area contributed by atoms with Crippen LogP contribution in [0.15, 0.2) is 27.6 Å². The van der Waals surface area contributed by atoms with E-state index >= 15 is 0 Å². The van der Waals surface area contributed by atoms with Crippen molar-refractivity contribution in [2.24, 2.45) is 0 Å². The summed E-state index contributed by atoms with van der Waals surface area (Å²) in [5.41, 5.74) is 6.02. The summed E-state index contributed by atoms with van der Waals surface area (Å²) in [4.78, 5) is 11.1. The Balaban J connectivity index is 2.23. The van der Waals surface area contributed by atoms with Crippen molar-refractivity contribution in [2.75, 3.05) is 12.3 Å². The van der Waals surface area contributed by atoms with Gasteiger partial charge in [-0.25, -0.2) is 13.1 Å². The van der Waals surface area contributed by atoms with Crippen LogP contribution in [0.1, 0.15) is 6.42 Å². The maximum atomic E-state index is 12.1. The number of sulfonamides is 1. The summed E-state index contributed by atoms with van der Waals surface area (Å²) in [5.74, 6) is -0.154. The lowest BCUT2D eigenvalue weighted by atomic mass is 10.3. The van der Waals surface area contributed by atoms with Gasteiger partial charge in [0.25, 0.3) is 0 Å². The molecule has 1 amide bonds. The van der Waals surface area contributed by atoms with E-state index in [1.165, 1.54) is 18.2 Å². The van der Waals surface area contributed by atoms with E-state index in [0.29, 0.717) is 16.7 Å². The number of nitrogens with two attached hydrogens (primary N) is 1. The molecule has 1 saturated heterocycles. The predicted molar refractivity (Wildman–Crippen MR) is 70.3 cm³/mol. The summed E-state index contributed by atoms with van der Waals surface area (Å²) >= 11 is 3.16. The normalized spacial score (nSPS) is 19.8. The van der Waals surface area contributed by atoms with Crippen molar-refractivity contribution in [2.45, 2.75) is 17.4 Å². The van der Waals surface area contributed by atoms with Gasteiger partial charge in [-0.15, -0.1) is 0 Å². The molecule has 1 aliphatic rings. The van der Waals surface area contributed by atoms with Crippen LogP contribution in [0, 0.1) is 0 Å². The molecule has 0 aliphatic carbocycles. The second-order valence-corrected chi connectivity index (χ2v) is 6.55. The van der Waals surface area contributed by atoms with E-state index in [9.17, 15) is 13.2 Å². The first-order valence-electron chi connectivity index (χ1n) is 5.22. The standard InChI is InChI=1S/C10H12BrN3O3S/c11-8-3-6(12)1-2-9(8)18(16,17)14-7-4-10(15)13-5-7/h1-3,7,14H,4-5,12H2,(H,13,15). The Labute approximate surface area is 113 Å². The van der Waals surface area contributed by atoms with Gasteiger partial charge >= 0.3 is 0 Å². The number of amides is 1. The van der Waals surface area contributed by atoms with Gasteiger partial charge in [0, 0.05) is 29.2 Å². The topological polar surface area (TPSA) is 101 Å². The Morgan fingerprint density at radius 2 is 2.17 bits per heavy atom. The maximum absolute atomic E-state index is 12.1. The summed E-state index contributed by atoms with van der Waals surface area (Å²) in [6.45, 7) is 0.310. The molecule has 0 radical (unpaired) electrons. The summed E-state index contributed by atoms with van der Waals surface area (Å²) < 4.78 is 27.1. The molecule has 1 unspecified atom stereocenters. The van der Waals surface area contributed by atoms with Crippen molar-refractivity contribution in [3.63, 3.8) is 0 Å². The van der Waals surface area contributed by atoms with Crippen LogP contribution in [-0.2, 0) is 14.8 Å². The number of carbonyl (C=O) groups excluding carboxylic acids is 1. The average Bonchev–Trinajstić information content (AvgIpc) is 2.62. The second-order valence-electron chi connectivity index (χ2n) is 4.02. The van der Waals surface area contributed by atoms with Crippen LogP contribution in [0.2, 0.25) is 0 Å². The predicted octanol–water partition coefficient (Wildman–Crippen LogP) is 0.198. The minimum absolute atomic E-state index is 0.107. The highest BCUT2D eigenvalue weighted by atomic mass is 79.9. The number of carbonyl (C=O) groups is 1. The Bertz CT molecular complexity index is 588. The molecule has 98 valence electrons. The third-order valence-corrected chi connectivity index (χ3v) is 5.04. The monoisotopic (exact) mass is 333 g/mol. The number of nitrogen functional groups attached to an aromatic ring is 1. The number of hydrogen-bond acceptors (Lipinski definition) is 4. The van der Waals surface area contributed by atoms with Gasteiger partial charge in [0.2, 0.25) is 15.9 Å². The smallest absolute Gasteiger partial charge is 0.242 e. The third kappa shape index (κ3) is 2.82. The molecule has 6 nitrogen and oxygen atoms in total. The SMILES string of the molecule is Nc1ccc(S(=O)(=O)NC2CNC(=O)C2)c(Br)c1. The Morgan fingerprint density at radius 3 is 2.72 bits per heavy atom. The molecule has 1 aromatic carbocycles. The number of nitrogens with one attached hydrogen (secondary N) is 2. The van der Waals surface area contributed by atoms with Crippen LogP contribution < -0.4 is 15.8 Å². The number of hydrogen-bond donors (Lipinski definition) is 3. The first kappa shape index (κ1) is 13.3. The summed E-state index contributed by atoms with van der Waals surface area (Å²) in [6, 6.07) is 4.04. The minimum atomic E-state index is -3.66. The van der Waals surface area contributed by atoms with Crippen LogP contribution in [0.5, 0.6) is 0 Å². The van der Waals surface area contributed by atoms with Gasteiger partial charge in [-0.05, 0) is 34.1 Å². The first-order chi connectivity index (χ1) is 8.38. The van der Waals surface area contributed by atoms with Gasteiger partial charge < -0.3 is 11.1 Å². The van der Waals surface area contributed by atoms with Gasteiger partial charge in [-0.3, -0.25) is 4.79 Å². The molecule has 1 heterocycles. The van der Waals surface area contributed by atoms with Crippen LogP contribution in [-0.4, -0.2) is 26.9 Å². The molecule has 1 aliphatic heterocycles. The first-order valence-corrected chi connectivity index (χ1v) is 7.50. The minimum Gasteiger partial charge on any atom is -0.399 e. The van der Waals surface area contributed by atoms with E-state index in [1.54, 1.807) is 0 Å². The summed E-state index contributed by atoms with van der Waals surface area (Å²) in [6.07, 6.45) is 0.159. The number of benzene rings is 1. The average molecular weight is 334 g/mol. The highest BCUT2D eigenvalue weighted by molar-refractivity contribution is 9.10. The molecule has 0 bridgehead atoms. The van der Waals surface area contributed by atoms with Crippen LogP contribution in [0.25, 0.3) is 0 Å². The van der Waals surface area contributed by atoms with Gasteiger partial charge in [-0.1, -0.05) is 0 Å². The molecular weight excluding hydrogens is 322 g/mol. The zero-order chi connectivity index (χ0) is 13.3. The molecule has 0 spiro atoms. The van der Waals surface area contributed by atoms with Crippen LogP contribution in [0.4, 0.5) is 5.69 Å². The maximum Gasteiger partial charge on any atom is 0.242 e. The van der Waals surface area contributed by atoms with Crippen molar-refractivity contribution in [1.82, 2.24) is 10.0 Å². The van der Waals surface area contributed by atoms with Crippen LogP contribution >= 0.6 is 15.9 Å². The quantitative estimate of drug-likeness (QED) is 0.687. The van der Waals surface area contributed by atoms with Gasteiger partial charge in [0.05, 0.1) is 4.90 Å². The van der Waals surface area contributed by atoms with Crippen molar-refractivity contribution < 1.29 is 13.2 Å². The van der Waals surface area contributed by atoms with Crippen molar-refractivity contribution >= 4 is 37.5 Å². The molecule has 1 aromatic rings. The van der Waals surface area contributed by atoms with Crippen molar-refractivity contribution in [3.05, 3.63) is 22.7 Å². The molecular formula is C10H12BrN3O3S. The lowest BCUT2D eigenvalue weighted by molar-refractivity contribution is -0.119. The number of rotatable bonds is 3. The fourth-order valence-electron chi connectivity index (χ4n) is 1.71. The zero-order valence-electron chi connectivity index (χ0n) is 9.31. The van der Waals surface area contributed by atoms with E-state index in [-0.39, 0.29) is 17.2 Å². The number of anilines is 1. The fraction of sp³-hybridized carbons (Fsp3) is 0.300. The highest BCUT2D eigenvalue weighted by Crippen LogP contribution is 2.24. The Hall–Kier alpha value is -1.12. The summed E-state index contributed by atoms with van der Waals surface area (Å²) in [5, 5.41) is 2.57. The molecule has 18 heavy (non-hydrogen) atoms. The molecule has 0 aromatic heterocycles. The van der Waals surface area contributed by atoms with Gasteiger partial charge in [0.1, 0.15) is 0 Å². The molecule has 0 saturated carbocycles. The Morgan fingerprint density at radius 1 is 1.44 bits per heavy atom. The largest absolute Gasteiger partial charge is 0.399 e. The highest BCUT2D eigenvalue weighted by Gasteiger charge is 2.27. The number of halogens is 1. The van der Waals surface area contributed by atoms with Gasteiger partial charge in [-0.2, -0.15) is 0 Å². The molecule has 1 atom stereocenters. The molecule has 8 heteroatoms. The third-order valence-electron chi connectivity index (χ3n) is 2.54. The van der Waals surface area contributed by atoms with Crippen LogP contribution in [0.3, 0.4) is 0 Å². The zero-order valence-corrected chi connectivity index (χ0v) is 11.7. The van der Waals surface area contributed by atoms with E-state index in [2.05, 4.69) is 26.0 Å². The van der Waals surface area contributed by atoms with E-state index in [0.717, 1.165) is 0 Å². The lowest BCUT2D eigenvalue weighted by Gasteiger charge is -2.12. The van der Waals surface area contributed by atoms with E-state index in [4.69, 9.17) is 5.73 Å². The lowest BCUT2D eigenvalue weighted by Crippen LogP contribution is -2.36. The molecule has 1 fully saturated rings. The Kier molecular flexibility index (Phi) is 3.60. The second kappa shape index (κ2) is 4.87. The van der Waals surface area contributed by atoms with Crippen molar-refractivity contribution in [3.8, 4) is 0 Å². The fourth-order valence-corrected chi connectivity index (χ4v) is 4.04. The molecule has 2 rings (SSSR count). The van der Waals surface area contributed by atoms with Crippen molar-refractivity contribution in [1.29, 1.82) is 0 Å². The van der Waals surface area contributed by atoms with E-state index < -0.39 is 16.1 Å². The summed E-state index contributed by atoms with van der Waals surface area (Å²) in [7, 11) is -3.66.